The standard InChI is InChI=1S/C12H12Cl2N2O4/c13-9-5-8(6-15-11(9)14)12(18)20-7-10(17)16-1-3-19-4-2-16/h5-6H,1-4,7H2. The number of pyridine rings is 1. The Balaban J connectivity index is 1.88. The van der Waals surface area contributed by atoms with Gasteiger partial charge in [0.25, 0.3) is 5.91 Å². The topological polar surface area (TPSA) is 68.7 Å². The predicted octanol–water partition coefficient (Wildman–Crippen LogP) is 1.40. The molecule has 1 aliphatic rings. The Morgan fingerprint density at radius 3 is 2.70 bits per heavy atom. The minimum atomic E-state index is -0.669. The molecule has 2 heterocycles. The van der Waals surface area contributed by atoms with Gasteiger partial charge in [0.2, 0.25) is 0 Å². The lowest BCUT2D eigenvalue weighted by Crippen LogP contribution is -2.42. The van der Waals surface area contributed by atoms with Gasteiger partial charge >= 0.3 is 5.97 Å². The van der Waals surface area contributed by atoms with Gasteiger partial charge in [0.05, 0.1) is 23.8 Å². The van der Waals surface area contributed by atoms with Gasteiger partial charge in [-0.15, -0.1) is 0 Å². The summed E-state index contributed by atoms with van der Waals surface area (Å²) in [6, 6.07) is 1.35. The first-order valence-corrected chi connectivity index (χ1v) is 6.67. The fourth-order valence-corrected chi connectivity index (χ4v) is 1.92. The molecule has 1 aromatic rings. The Kier molecular flexibility index (Phi) is 5.17. The van der Waals surface area contributed by atoms with Crippen LogP contribution >= 0.6 is 23.2 Å². The van der Waals surface area contributed by atoms with Crippen molar-refractivity contribution in [3.8, 4) is 0 Å². The normalized spacial score (nSPS) is 15.0. The minimum absolute atomic E-state index is 0.104. The highest BCUT2D eigenvalue weighted by Gasteiger charge is 2.19. The van der Waals surface area contributed by atoms with Crippen molar-refractivity contribution in [1.82, 2.24) is 9.88 Å². The van der Waals surface area contributed by atoms with Gasteiger partial charge in [-0.25, -0.2) is 9.78 Å². The Morgan fingerprint density at radius 1 is 1.35 bits per heavy atom. The first-order valence-electron chi connectivity index (χ1n) is 5.91. The third-order valence-corrected chi connectivity index (χ3v) is 3.41. The summed E-state index contributed by atoms with van der Waals surface area (Å²) < 4.78 is 10.1. The van der Waals surface area contributed by atoms with Crippen LogP contribution in [0, 0.1) is 0 Å². The van der Waals surface area contributed by atoms with Crippen molar-refractivity contribution in [2.45, 2.75) is 0 Å². The fourth-order valence-electron chi connectivity index (χ4n) is 1.65. The zero-order chi connectivity index (χ0) is 14.5. The van der Waals surface area contributed by atoms with Gasteiger partial charge < -0.3 is 14.4 Å². The van der Waals surface area contributed by atoms with Crippen molar-refractivity contribution < 1.29 is 19.1 Å². The summed E-state index contributed by atoms with van der Waals surface area (Å²) in [5, 5.41) is 0.258. The number of ether oxygens (including phenoxy) is 2. The van der Waals surface area contributed by atoms with Gasteiger partial charge in [-0.1, -0.05) is 23.2 Å². The third kappa shape index (κ3) is 3.82. The summed E-state index contributed by atoms with van der Waals surface area (Å²) >= 11 is 11.4. The molecule has 108 valence electrons. The van der Waals surface area contributed by atoms with Crippen molar-refractivity contribution in [3.63, 3.8) is 0 Å². The van der Waals surface area contributed by atoms with E-state index in [1.54, 1.807) is 4.90 Å². The van der Waals surface area contributed by atoms with Crippen molar-refractivity contribution >= 4 is 35.1 Å². The van der Waals surface area contributed by atoms with E-state index in [4.69, 9.17) is 32.7 Å². The fraction of sp³-hybridized carbons (Fsp3) is 0.417. The quantitative estimate of drug-likeness (QED) is 0.622. The lowest BCUT2D eigenvalue weighted by Gasteiger charge is -2.26. The lowest BCUT2D eigenvalue weighted by atomic mass is 10.3. The number of halogens is 2. The van der Waals surface area contributed by atoms with E-state index in [1.165, 1.54) is 12.3 Å². The molecular weight excluding hydrogens is 307 g/mol. The summed E-state index contributed by atoms with van der Waals surface area (Å²) in [4.78, 5) is 28.8. The summed E-state index contributed by atoms with van der Waals surface area (Å²) in [7, 11) is 0. The van der Waals surface area contributed by atoms with Gasteiger partial charge in [0.15, 0.2) is 6.61 Å². The first kappa shape index (κ1) is 15.0. The molecule has 0 radical (unpaired) electrons. The number of hydrogen-bond acceptors (Lipinski definition) is 5. The van der Waals surface area contributed by atoms with E-state index in [2.05, 4.69) is 4.98 Å². The third-order valence-electron chi connectivity index (χ3n) is 2.72. The summed E-state index contributed by atoms with van der Waals surface area (Å²) in [5.41, 5.74) is 0.147. The van der Waals surface area contributed by atoms with Crippen LogP contribution in [-0.4, -0.2) is 54.7 Å². The van der Waals surface area contributed by atoms with E-state index in [9.17, 15) is 9.59 Å². The van der Waals surface area contributed by atoms with Crippen molar-refractivity contribution in [3.05, 3.63) is 28.0 Å². The molecule has 0 spiro atoms. The molecule has 1 amide bonds. The summed E-state index contributed by atoms with van der Waals surface area (Å²) in [6.45, 7) is 1.68. The second-order valence-corrected chi connectivity index (χ2v) is 4.83. The van der Waals surface area contributed by atoms with E-state index in [0.717, 1.165) is 0 Å². The maximum atomic E-state index is 11.8. The Morgan fingerprint density at radius 2 is 2.05 bits per heavy atom. The molecular formula is C12H12Cl2N2O4. The van der Waals surface area contributed by atoms with Gasteiger partial charge in [-0.3, -0.25) is 4.79 Å². The largest absolute Gasteiger partial charge is 0.452 e. The number of nitrogens with zero attached hydrogens (tertiary/aromatic N) is 2. The van der Waals surface area contributed by atoms with Crippen molar-refractivity contribution in [2.24, 2.45) is 0 Å². The van der Waals surface area contributed by atoms with Crippen LogP contribution in [0.25, 0.3) is 0 Å². The van der Waals surface area contributed by atoms with Crippen LogP contribution in [0.2, 0.25) is 10.2 Å². The summed E-state index contributed by atoms with van der Waals surface area (Å²) in [6.07, 6.45) is 1.25. The van der Waals surface area contributed by atoms with E-state index in [-0.39, 0.29) is 28.3 Å². The molecule has 8 heteroatoms. The van der Waals surface area contributed by atoms with Crippen LogP contribution in [-0.2, 0) is 14.3 Å². The Labute approximate surface area is 125 Å². The number of hydrogen-bond donors (Lipinski definition) is 0. The molecule has 0 atom stereocenters. The highest BCUT2D eigenvalue weighted by molar-refractivity contribution is 6.41. The zero-order valence-electron chi connectivity index (χ0n) is 10.5. The molecule has 1 saturated heterocycles. The van der Waals surface area contributed by atoms with Crippen LogP contribution < -0.4 is 0 Å². The van der Waals surface area contributed by atoms with Gasteiger partial charge in [-0.2, -0.15) is 0 Å². The van der Waals surface area contributed by atoms with E-state index >= 15 is 0 Å². The number of aromatic nitrogens is 1. The van der Waals surface area contributed by atoms with Crippen LogP contribution in [0.5, 0.6) is 0 Å². The maximum absolute atomic E-state index is 11.8. The number of carbonyl (C=O) groups is 2. The van der Waals surface area contributed by atoms with E-state index < -0.39 is 5.97 Å². The molecule has 0 aromatic carbocycles. The molecule has 0 N–H and O–H groups in total. The molecule has 6 nitrogen and oxygen atoms in total. The average molecular weight is 319 g/mol. The van der Waals surface area contributed by atoms with Crippen molar-refractivity contribution in [2.75, 3.05) is 32.9 Å². The SMILES string of the molecule is O=C(OCC(=O)N1CCOCC1)c1cnc(Cl)c(Cl)c1. The average Bonchev–Trinajstić information content (AvgIpc) is 2.48. The van der Waals surface area contributed by atoms with Gasteiger partial charge in [0, 0.05) is 19.3 Å². The zero-order valence-corrected chi connectivity index (χ0v) is 12.0. The smallest absolute Gasteiger partial charge is 0.340 e. The van der Waals surface area contributed by atoms with Crippen LogP contribution in [0.15, 0.2) is 12.3 Å². The molecule has 0 saturated carbocycles. The molecule has 0 unspecified atom stereocenters. The van der Waals surface area contributed by atoms with Crippen LogP contribution in [0.3, 0.4) is 0 Å². The molecule has 0 aliphatic carbocycles. The number of rotatable bonds is 3. The number of carbonyl (C=O) groups excluding carboxylic acids is 2. The number of esters is 1. The minimum Gasteiger partial charge on any atom is -0.452 e. The molecule has 1 fully saturated rings. The second kappa shape index (κ2) is 6.88. The van der Waals surface area contributed by atoms with Crippen LogP contribution in [0.4, 0.5) is 0 Å². The summed E-state index contributed by atoms with van der Waals surface area (Å²) in [5.74, 6) is -0.924. The number of amides is 1. The Hall–Kier alpha value is -1.37. The first-order chi connectivity index (χ1) is 9.58. The molecule has 1 aliphatic heterocycles. The monoisotopic (exact) mass is 318 g/mol. The molecule has 1 aromatic heterocycles. The van der Waals surface area contributed by atoms with Gasteiger partial charge in [0.1, 0.15) is 5.15 Å². The maximum Gasteiger partial charge on any atom is 0.340 e. The molecule has 0 bridgehead atoms. The second-order valence-electron chi connectivity index (χ2n) is 4.07. The highest BCUT2D eigenvalue weighted by Crippen LogP contribution is 2.20. The highest BCUT2D eigenvalue weighted by atomic mass is 35.5. The Bertz CT molecular complexity index is 518. The van der Waals surface area contributed by atoms with Crippen LogP contribution in [0.1, 0.15) is 10.4 Å². The van der Waals surface area contributed by atoms with Gasteiger partial charge in [-0.05, 0) is 6.07 Å². The van der Waals surface area contributed by atoms with E-state index in [0.29, 0.717) is 26.3 Å². The molecule has 2 rings (SSSR count). The number of morpholine rings is 1. The predicted molar refractivity (Wildman–Crippen MR) is 71.9 cm³/mol. The van der Waals surface area contributed by atoms with E-state index in [1.807, 2.05) is 0 Å². The lowest BCUT2D eigenvalue weighted by molar-refractivity contribution is -0.138. The van der Waals surface area contributed by atoms with Crippen molar-refractivity contribution in [1.29, 1.82) is 0 Å². The molecule has 20 heavy (non-hydrogen) atoms.